The summed E-state index contributed by atoms with van der Waals surface area (Å²) in [5.74, 6) is 2.30. The minimum Gasteiger partial charge on any atom is -0.372 e. The molecule has 28 heavy (non-hydrogen) atoms. The van der Waals surface area contributed by atoms with Crippen molar-refractivity contribution in [2.75, 3.05) is 28.6 Å². The Balaban J connectivity index is 1.41. The number of pyridine rings is 1. The van der Waals surface area contributed by atoms with E-state index >= 15 is 0 Å². The van der Waals surface area contributed by atoms with Crippen molar-refractivity contribution in [3.8, 4) is 0 Å². The Hall–Kier alpha value is -3.15. The van der Waals surface area contributed by atoms with Crippen molar-refractivity contribution in [3.05, 3.63) is 66.2 Å². The molecule has 1 fully saturated rings. The molecular formula is C22H26N6. The SMILES string of the molecule is Cc1nc(NCc2cccnc2)cc(Nc2ccc(N3CCCCC3)cc2)n1. The zero-order chi connectivity index (χ0) is 19.2. The van der Waals surface area contributed by atoms with Crippen LogP contribution in [0.25, 0.3) is 0 Å². The third kappa shape index (κ3) is 4.76. The van der Waals surface area contributed by atoms with Crippen LogP contribution in [-0.4, -0.2) is 28.0 Å². The van der Waals surface area contributed by atoms with E-state index in [0.29, 0.717) is 6.54 Å². The van der Waals surface area contributed by atoms with Gasteiger partial charge in [-0.15, -0.1) is 0 Å². The first-order valence-electron chi connectivity index (χ1n) is 9.87. The fourth-order valence-electron chi connectivity index (χ4n) is 3.47. The zero-order valence-corrected chi connectivity index (χ0v) is 16.2. The lowest BCUT2D eigenvalue weighted by Crippen LogP contribution is -2.29. The van der Waals surface area contributed by atoms with Crippen molar-refractivity contribution in [1.82, 2.24) is 15.0 Å². The number of hydrogen-bond acceptors (Lipinski definition) is 6. The predicted octanol–water partition coefficient (Wildman–Crippen LogP) is 4.53. The molecule has 1 aliphatic rings. The molecule has 0 aliphatic carbocycles. The van der Waals surface area contributed by atoms with Crippen LogP contribution in [0.4, 0.5) is 23.0 Å². The summed E-state index contributed by atoms with van der Waals surface area (Å²) in [4.78, 5) is 15.6. The minimum atomic E-state index is 0.675. The number of piperidine rings is 1. The highest BCUT2D eigenvalue weighted by Crippen LogP contribution is 2.24. The van der Waals surface area contributed by atoms with E-state index in [-0.39, 0.29) is 0 Å². The molecule has 1 aliphatic heterocycles. The smallest absolute Gasteiger partial charge is 0.136 e. The third-order valence-electron chi connectivity index (χ3n) is 4.90. The summed E-state index contributed by atoms with van der Waals surface area (Å²) in [5, 5.41) is 6.73. The maximum Gasteiger partial charge on any atom is 0.136 e. The van der Waals surface area contributed by atoms with Crippen LogP contribution in [-0.2, 0) is 6.54 Å². The van der Waals surface area contributed by atoms with Crippen molar-refractivity contribution in [3.63, 3.8) is 0 Å². The summed E-state index contributed by atoms with van der Waals surface area (Å²) in [6.45, 7) is 4.89. The van der Waals surface area contributed by atoms with Gasteiger partial charge in [0.25, 0.3) is 0 Å². The van der Waals surface area contributed by atoms with Gasteiger partial charge in [0.05, 0.1) is 0 Å². The van der Waals surface area contributed by atoms with E-state index in [0.717, 1.165) is 41.8 Å². The van der Waals surface area contributed by atoms with Crippen LogP contribution in [0.1, 0.15) is 30.7 Å². The van der Waals surface area contributed by atoms with Crippen LogP contribution >= 0.6 is 0 Å². The number of anilines is 4. The van der Waals surface area contributed by atoms with E-state index in [1.165, 1.54) is 24.9 Å². The molecule has 0 radical (unpaired) electrons. The van der Waals surface area contributed by atoms with Gasteiger partial charge in [0.1, 0.15) is 17.5 Å². The Morgan fingerprint density at radius 3 is 2.50 bits per heavy atom. The normalized spacial score (nSPS) is 14.0. The summed E-state index contributed by atoms with van der Waals surface area (Å²) in [6.07, 6.45) is 7.55. The number of hydrogen-bond donors (Lipinski definition) is 2. The molecule has 2 aromatic heterocycles. The van der Waals surface area contributed by atoms with E-state index < -0.39 is 0 Å². The van der Waals surface area contributed by atoms with E-state index in [1.54, 1.807) is 6.20 Å². The van der Waals surface area contributed by atoms with Crippen molar-refractivity contribution in [2.24, 2.45) is 0 Å². The van der Waals surface area contributed by atoms with Crippen LogP contribution in [0.15, 0.2) is 54.9 Å². The molecule has 0 bridgehead atoms. The van der Waals surface area contributed by atoms with E-state index in [2.05, 4.69) is 54.8 Å². The van der Waals surface area contributed by atoms with E-state index in [4.69, 9.17) is 0 Å². The molecule has 3 aromatic rings. The van der Waals surface area contributed by atoms with Gasteiger partial charge >= 0.3 is 0 Å². The lowest BCUT2D eigenvalue weighted by molar-refractivity contribution is 0.578. The van der Waals surface area contributed by atoms with Gasteiger partial charge in [0.2, 0.25) is 0 Å². The highest BCUT2D eigenvalue weighted by atomic mass is 15.1. The number of nitrogens with zero attached hydrogens (tertiary/aromatic N) is 4. The van der Waals surface area contributed by atoms with Crippen molar-refractivity contribution >= 4 is 23.0 Å². The average Bonchev–Trinajstić information content (AvgIpc) is 2.74. The molecule has 144 valence electrons. The number of rotatable bonds is 6. The van der Waals surface area contributed by atoms with Gasteiger partial charge in [-0.2, -0.15) is 0 Å². The largest absolute Gasteiger partial charge is 0.372 e. The minimum absolute atomic E-state index is 0.675. The fourth-order valence-corrected chi connectivity index (χ4v) is 3.47. The molecule has 4 rings (SSSR count). The number of aryl methyl sites for hydroxylation is 1. The van der Waals surface area contributed by atoms with E-state index in [9.17, 15) is 0 Å². The van der Waals surface area contributed by atoms with Crippen molar-refractivity contribution in [2.45, 2.75) is 32.7 Å². The van der Waals surface area contributed by atoms with E-state index in [1.807, 2.05) is 31.3 Å². The molecule has 1 aromatic carbocycles. The lowest BCUT2D eigenvalue weighted by atomic mass is 10.1. The predicted molar refractivity (Wildman–Crippen MR) is 114 cm³/mol. The summed E-state index contributed by atoms with van der Waals surface area (Å²) >= 11 is 0. The molecule has 3 heterocycles. The first kappa shape index (κ1) is 18.2. The van der Waals surface area contributed by atoms with Gasteiger partial charge in [-0.05, 0) is 62.1 Å². The summed E-state index contributed by atoms with van der Waals surface area (Å²) in [5.41, 5.74) is 3.43. The first-order chi connectivity index (χ1) is 13.8. The maximum atomic E-state index is 4.51. The maximum absolute atomic E-state index is 4.51. The average molecular weight is 374 g/mol. The molecule has 2 N–H and O–H groups in total. The Morgan fingerprint density at radius 1 is 0.964 bits per heavy atom. The van der Waals surface area contributed by atoms with Crippen LogP contribution < -0.4 is 15.5 Å². The summed E-state index contributed by atoms with van der Waals surface area (Å²) in [6, 6.07) is 14.5. The Morgan fingerprint density at radius 2 is 1.75 bits per heavy atom. The van der Waals surface area contributed by atoms with Gasteiger partial charge in [-0.3, -0.25) is 4.98 Å². The Labute approximate surface area is 166 Å². The Bertz CT molecular complexity index is 889. The Kier molecular flexibility index (Phi) is 5.66. The second-order valence-corrected chi connectivity index (χ2v) is 7.12. The number of aromatic nitrogens is 3. The van der Waals surface area contributed by atoms with Gasteiger partial charge in [-0.1, -0.05) is 6.07 Å². The number of benzene rings is 1. The van der Waals surface area contributed by atoms with Crippen LogP contribution in [0.2, 0.25) is 0 Å². The summed E-state index contributed by atoms with van der Waals surface area (Å²) < 4.78 is 0. The monoisotopic (exact) mass is 374 g/mol. The first-order valence-corrected chi connectivity index (χ1v) is 9.87. The van der Waals surface area contributed by atoms with Gasteiger partial charge in [-0.25, -0.2) is 9.97 Å². The molecule has 6 nitrogen and oxygen atoms in total. The van der Waals surface area contributed by atoms with Gasteiger partial charge < -0.3 is 15.5 Å². The second-order valence-electron chi connectivity index (χ2n) is 7.12. The fraction of sp³-hybridized carbons (Fsp3) is 0.318. The number of nitrogens with one attached hydrogen (secondary N) is 2. The lowest BCUT2D eigenvalue weighted by Gasteiger charge is -2.28. The quantitative estimate of drug-likeness (QED) is 0.661. The van der Waals surface area contributed by atoms with Gasteiger partial charge in [0, 0.05) is 49.5 Å². The van der Waals surface area contributed by atoms with Crippen molar-refractivity contribution < 1.29 is 0 Å². The molecule has 0 unspecified atom stereocenters. The topological polar surface area (TPSA) is 66.0 Å². The second kappa shape index (κ2) is 8.69. The van der Waals surface area contributed by atoms with Crippen LogP contribution in [0, 0.1) is 6.92 Å². The highest BCUT2D eigenvalue weighted by Gasteiger charge is 2.10. The molecule has 1 saturated heterocycles. The highest BCUT2D eigenvalue weighted by molar-refractivity contribution is 5.62. The molecule has 0 amide bonds. The van der Waals surface area contributed by atoms with Gasteiger partial charge in [0.15, 0.2) is 0 Å². The molecule has 0 atom stereocenters. The third-order valence-corrected chi connectivity index (χ3v) is 4.90. The van der Waals surface area contributed by atoms with Crippen LogP contribution in [0.5, 0.6) is 0 Å². The molecule has 0 saturated carbocycles. The zero-order valence-electron chi connectivity index (χ0n) is 16.2. The molecule has 0 spiro atoms. The standard InChI is InChI=1S/C22H26N6/c1-17-25-21(24-16-18-6-5-11-23-15-18)14-22(26-17)27-19-7-9-20(10-8-19)28-12-3-2-4-13-28/h5-11,14-15H,2-4,12-13,16H2,1H3,(H2,24,25,26,27). The van der Waals surface area contributed by atoms with Crippen LogP contribution in [0.3, 0.4) is 0 Å². The summed E-state index contributed by atoms with van der Waals surface area (Å²) in [7, 11) is 0. The van der Waals surface area contributed by atoms with Crippen molar-refractivity contribution in [1.29, 1.82) is 0 Å². The molecule has 6 heteroatoms. The molecular weight excluding hydrogens is 348 g/mol.